The van der Waals surface area contributed by atoms with Crippen molar-refractivity contribution >= 4 is 50.5 Å². The lowest BCUT2D eigenvalue weighted by Crippen LogP contribution is -2.23. The largest absolute Gasteiger partial charge is 0.312 e. The topological polar surface area (TPSA) is 66.5 Å². The van der Waals surface area contributed by atoms with Gasteiger partial charge in [0.1, 0.15) is 0 Å². The van der Waals surface area contributed by atoms with Gasteiger partial charge >= 0.3 is 0 Å². The van der Waals surface area contributed by atoms with E-state index in [-0.39, 0.29) is 20.8 Å². The van der Waals surface area contributed by atoms with E-state index in [0.29, 0.717) is 18.7 Å². The number of hydrogen-bond acceptors (Lipinski definition) is 3. The highest BCUT2D eigenvalue weighted by Gasteiger charge is 2.22. The molecule has 1 amide bonds. The van der Waals surface area contributed by atoms with Crippen molar-refractivity contribution in [3.63, 3.8) is 0 Å². The number of halogens is 2. The zero-order valence-corrected chi connectivity index (χ0v) is 14.8. The molecule has 0 aromatic heterocycles. The highest BCUT2D eigenvalue weighted by atomic mass is 35.5. The van der Waals surface area contributed by atoms with Crippen molar-refractivity contribution in [2.75, 3.05) is 16.2 Å². The van der Waals surface area contributed by atoms with Crippen LogP contribution in [0.5, 0.6) is 0 Å². The standard InChI is InChI=1S/C16H14Cl2N2O3S/c17-14-8-7-13(10-15(14)18)24(22,23)19-11-3-5-12(6-4-11)20-9-1-2-16(20)21/h3-8,10,19H,1-2,9H2. The molecule has 1 aliphatic rings. The normalized spacial score (nSPS) is 14.9. The van der Waals surface area contributed by atoms with Gasteiger partial charge in [-0.15, -0.1) is 0 Å². The van der Waals surface area contributed by atoms with Gasteiger partial charge in [0, 0.05) is 24.3 Å². The first-order valence-corrected chi connectivity index (χ1v) is 9.49. The molecule has 1 fully saturated rings. The minimum absolute atomic E-state index is 0.0238. The molecule has 1 heterocycles. The highest BCUT2D eigenvalue weighted by molar-refractivity contribution is 7.92. The van der Waals surface area contributed by atoms with Crippen molar-refractivity contribution in [3.8, 4) is 0 Å². The van der Waals surface area contributed by atoms with E-state index in [1.165, 1.54) is 18.2 Å². The van der Waals surface area contributed by atoms with Crippen LogP contribution in [0.25, 0.3) is 0 Å². The van der Waals surface area contributed by atoms with E-state index in [9.17, 15) is 13.2 Å². The maximum absolute atomic E-state index is 12.4. The third kappa shape index (κ3) is 3.50. The van der Waals surface area contributed by atoms with Gasteiger partial charge in [-0.1, -0.05) is 23.2 Å². The Morgan fingerprint density at radius 2 is 1.71 bits per heavy atom. The van der Waals surface area contributed by atoms with E-state index in [2.05, 4.69) is 4.72 Å². The number of amides is 1. The second-order valence-corrected chi connectivity index (χ2v) is 7.87. The first-order valence-electron chi connectivity index (χ1n) is 7.25. The maximum atomic E-state index is 12.4. The maximum Gasteiger partial charge on any atom is 0.261 e. The Morgan fingerprint density at radius 3 is 2.29 bits per heavy atom. The summed E-state index contributed by atoms with van der Waals surface area (Å²) in [7, 11) is -3.77. The highest BCUT2D eigenvalue weighted by Crippen LogP contribution is 2.27. The lowest BCUT2D eigenvalue weighted by Gasteiger charge is -2.16. The predicted octanol–water partition coefficient (Wildman–Crippen LogP) is 3.92. The van der Waals surface area contributed by atoms with Crippen molar-refractivity contribution in [2.24, 2.45) is 0 Å². The molecule has 2 aromatic rings. The van der Waals surface area contributed by atoms with Crippen molar-refractivity contribution in [1.82, 2.24) is 0 Å². The fraction of sp³-hybridized carbons (Fsp3) is 0.188. The van der Waals surface area contributed by atoms with E-state index in [0.717, 1.165) is 12.1 Å². The monoisotopic (exact) mass is 384 g/mol. The number of nitrogens with zero attached hydrogens (tertiary/aromatic N) is 1. The predicted molar refractivity (Wildman–Crippen MR) is 95.3 cm³/mol. The molecule has 8 heteroatoms. The molecule has 0 spiro atoms. The van der Waals surface area contributed by atoms with Gasteiger partial charge in [-0.05, 0) is 48.9 Å². The van der Waals surface area contributed by atoms with Crippen LogP contribution < -0.4 is 9.62 Å². The van der Waals surface area contributed by atoms with Crippen molar-refractivity contribution in [2.45, 2.75) is 17.7 Å². The summed E-state index contributed by atoms with van der Waals surface area (Å²) in [6.45, 7) is 0.688. The summed E-state index contributed by atoms with van der Waals surface area (Å²) < 4.78 is 27.2. The molecule has 0 aliphatic carbocycles. The zero-order valence-electron chi connectivity index (χ0n) is 12.5. The molecule has 1 N–H and O–H groups in total. The van der Waals surface area contributed by atoms with Crippen LogP contribution in [0.3, 0.4) is 0 Å². The van der Waals surface area contributed by atoms with Crippen LogP contribution in [0.15, 0.2) is 47.4 Å². The summed E-state index contributed by atoms with van der Waals surface area (Å²) in [6.07, 6.45) is 1.39. The fourth-order valence-electron chi connectivity index (χ4n) is 2.49. The number of benzene rings is 2. The Balaban J connectivity index is 1.80. The van der Waals surface area contributed by atoms with Gasteiger partial charge in [0.05, 0.1) is 14.9 Å². The van der Waals surface area contributed by atoms with Crippen LogP contribution >= 0.6 is 23.2 Å². The quantitative estimate of drug-likeness (QED) is 0.868. The molecule has 0 bridgehead atoms. The molecular formula is C16H14Cl2N2O3S. The summed E-state index contributed by atoms with van der Waals surface area (Å²) in [5.74, 6) is 0.0825. The number of hydrogen-bond donors (Lipinski definition) is 1. The van der Waals surface area contributed by atoms with Gasteiger partial charge in [0.2, 0.25) is 5.91 Å². The minimum Gasteiger partial charge on any atom is -0.312 e. The molecule has 24 heavy (non-hydrogen) atoms. The Kier molecular flexibility index (Phi) is 4.71. The third-order valence-corrected chi connectivity index (χ3v) is 5.82. The molecule has 1 saturated heterocycles. The first kappa shape index (κ1) is 17.1. The van der Waals surface area contributed by atoms with Gasteiger partial charge in [0.15, 0.2) is 0 Å². The summed E-state index contributed by atoms with van der Waals surface area (Å²) in [4.78, 5) is 13.4. The summed E-state index contributed by atoms with van der Waals surface area (Å²) in [5, 5.41) is 0.456. The summed E-state index contributed by atoms with van der Waals surface area (Å²) in [5.41, 5.74) is 1.16. The Hall–Kier alpha value is -1.76. The van der Waals surface area contributed by atoms with Crippen molar-refractivity contribution in [3.05, 3.63) is 52.5 Å². The van der Waals surface area contributed by atoms with Crippen LogP contribution in [-0.2, 0) is 14.8 Å². The Labute approximate surface area is 150 Å². The van der Waals surface area contributed by atoms with Gasteiger partial charge < -0.3 is 4.90 Å². The molecule has 5 nitrogen and oxygen atoms in total. The van der Waals surface area contributed by atoms with Crippen LogP contribution in [0, 0.1) is 0 Å². The SMILES string of the molecule is O=C1CCCN1c1ccc(NS(=O)(=O)c2ccc(Cl)c(Cl)c2)cc1. The lowest BCUT2D eigenvalue weighted by atomic mass is 10.2. The molecule has 0 radical (unpaired) electrons. The van der Waals surface area contributed by atoms with Gasteiger partial charge in [0.25, 0.3) is 10.0 Å². The fourth-order valence-corrected chi connectivity index (χ4v) is 3.94. The number of rotatable bonds is 4. The molecule has 0 saturated carbocycles. The third-order valence-electron chi connectivity index (χ3n) is 3.71. The average molecular weight is 385 g/mol. The number of sulfonamides is 1. The van der Waals surface area contributed by atoms with Crippen LogP contribution in [0.2, 0.25) is 10.0 Å². The van der Waals surface area contributed by atoms with E-state index in [1.807, 2.05) is 0 Å². The summed E-state index contributed by atoms with van der Waals surface area (Å²) >= 11 is 11.7. The second kappa shape index (κ2) is 6.63. The molecule has 3 rings (SSSR count). The zero-order chi connectivity index (χ0) is 17.3. The van der Waals surface area contributed by atoms with Gasteiger partial charge in [-0.2, -0.15) is 0 Å². The second-order valence-electron chi connectivity index (χ2n) is 5.38. The number of carbonyl (C=O) groups excluding carboxylic acids is 1. The van der Waals surface area contributed by atoms with E-state index in [4.69, 9.17) is 23.2 Å². The average Bonchev–Trinajstić information content (AvgIpc) is 2.96. The van der Waals surface area contributed by atoms with Gasteiger partial charge in [-0.25, -0.2) is 8.42 Å². The smallest absolute Gasteiger partial charge is 0.261 e. The first-order chi connectivity index (χ1) is 11.4. The lowest BCUT2D eigenvalue weighted by molar-refractivity contribution is -0.117. The van der Waals surface area contributed by atoms with Crippen molar-refractivity contribution in [1.29, 1.82) is 0 Å². The molecule has 0 atom stereocenters. The molecule has 126 valence electrons. The van der Waals surface area contributed by atoms with Crippen molar-refractivity contribution < 1.29 is 13.2 Å². The van der Waals surface area contributed by atoms with Crippen LogP contribution in [-0.4, -0.2) is 20.9 Å². The number of nitrogens with one attached hydrogen (secondary N) is 1. The van der Waals surface area contributed by atoms with E-state index in [1.54, 1.807) is 29.2 Å². The van der Waals surface area contributed by atoms with Crippen LogP contribution in [0.1, 0.15) is 12.8 Å². The van der Waals surface area contributed by atoms with E-state index >= 15 is 0 Å². The van der Waals surface area contributed by atoms with E-state index < -0.39 is 10.0 Å². The van der Waals surface area contributed by atoms with Gasteiger partial charge in [-0.3, -0.25) is 9.52 Å². The summed E-state index contributed by atoms with van der Waals surface area (Å²) in [6, 6.07) is 10.8. The molecular weight excluding hydrogens is 371 g/mol. The van der Waals surface area contributed by atoms with Crippen LogP contribution in [0.4, 0.5) is 11.4 Å². The molecule has 1 aliphatic heterocycles. The Morgan fingerprint density at radius 1 is 1.00 bits per heavy atom. The number of anilines is 2. The number of carbonyl (C=O) groups is 1. The molecule has 0 unspecified atom stereocenters. The minimum atomic E-state index is -3.77. The molecule has 2 aromatic carbocycles. The Bertz CT molecular complexity index is 883.